The fraction of sp³-hybridized carbons (Fsp3) is 0.241. The molecular weight excluding hydrogens is 488 g/mol. The lowest BCUT2D eigenvalue weighted by molar-refractivity contribution is -0.165. The molecule has 2 atom stereocenters. The highest BCUT2D eigenvalue weighted by atomic mass is 32.2. The highest BCUT2D eigenvalue weighted by molar-refractivity contribution is 8.15. The second-order valence-electron chi connectivity index (χ2n) is 8.76. The Labute approximate surface area is 220 Å². The minimum atomic E-state index is -1.36. The van der Waals surface area contributed by atoms with Crippen molar-refractivity contribution in [3.8, 4) is 22.3 Å². The van der Waals surface area contributed by atoms with Crippen LogP contribution in [0.15, 0.2) is 78.9 Å². The summed E-state index contributed by atoms with van der Waals surface area (Å²) in [5.41, 5.74) is 6.31. The van der Waals surface area contributed by atoms with E-state index in [1.54, 1.807) is 37.3 Å². The van der Waals surface area contributed by atoms with Crippen molar-refractivity contribution in [2.75, 3.05) is 13.2 Å². The van der Waals surface area contributed by atoms with Gasteiger partial charge in [-0.1, -0.05) is 72.8 Å². The van der Waals surface area contributed by atoms with Gasteiger partial charge in [-0.3, -0.25) is 14.4 Å². The normalized spacial score (nSPS) is 17.5. The first-order valence-corrected chi connectivity index (χ1v) is 12.8. The second kappa shape index (κ2) is 11.0. The number of benzene rings is 3. The lowest BCUT2D eigenvalue weighted by atomic mass is 9.95. The van der Waals surface area contributed by atoms with Crippen molar-refractivity contribution < 1.29 is 23.9 Å². The summed E-state index contributed by atoms with van der Waals surface area (Å²) >= 11 is 0.752. The number of hydrogen-bond acceptors (Lipinski definition) is 6. The highest BCUT2D eigenvalue weighted by Crippen LogP contribution is 2.40. The molecule has 2 amide bonds. The van der Waals surface area contributed by atoms with E-state index in [0.717, 1.165) is 11.8 Å². The molecule has 1 saturated heterocycles. The average molecular weight is 517 g/mol. The lowest BCUT2D eigenvalue weighted by Gasteiger charge is -2.50. The maximum atomic E-state index is 12.8. The van der Waals surface area contributed by atoms with Crippen LogP contribution in [0.3, 0.4) is 0 Å². The molecule has 190 valence electrons. The minimum Gasteiger partial charge on any atom is -0.464 e. The Bertz CT molecular complexity index is 1270. The van der Waals surface area contributed by atoms with E-state index in [2.05, 4.69) is 53.8 Å². The second-order valence-corrected chi connectivity index (χ2v) is 10.2. The topological polar surface area (TPSA) is 92.8 Å². The predicted molar refractivity (Wildman–Crippen MR) is 143 cm³/mol. The first-order chi connectivity index (χ1) is 17.7. The molecule has 8 heteroatoms. The van der Waals surface area contributed by atoms with Gasteiger partial charge in [-0.15, -0.1) is 0 Å². The molecule has 1 N–H and O–H groups in total. The minimum absolute atomic E-state index is 0.0357. The van der Waals surface area contributed by atoms with Crippen LogP contribution in [-0.4, -0.2) is 45.8 Å². The SMILES string of the molecule is CCOC(=O)C(c1ccccc1)N1CC(NC(C)=O)(SC(C)=O)C1=O.c1cc2cc-2c1.c1cc2ccc1-2. The molecule has 0 bridgehead atoms. The first-order valence-electron chi connectivity index (χ1n) is 12.0. The molecule has 37 heavy (non-hydrogen) atoms. The Balaban J connectivity index is 0.000000209. The van der Waals surface area contributed by atoms with Gasteiger partial charge >= 0.3 is 5.97 Å². The zero-order valence-corrected chi connectivity index (χ0v) is 21.7. The van der Waals surface area contributed by atoms with E-state index in [0.29, 0.717) is 5.56 Å². The molecule has 0 aromatic heterocycles. The molecule has 0 saturated carbocycles. The van der Waals surface area contributed by atoms with Gasteiger partial charge in [0, 0.05) is 13.8 Å². The summed E-state index contributed by atoms with van der Waals surface area (Å²) in [5.74, 6) is -1.47. The van der Waals surface area contributed by atoms with Crippen LogP contribution >= 0.6 is 11.8 Å². The number of fused-ring (bicyclic) bond motifs is 2. The molecule has 1 aromatic carbocycles. The maximum absolute atomic E-state index is 12.8. The summed E-state index contributed by atoms with van der Waals surface area (Å²) < 4.78 is 5.10. The number of β-lactam (4-membered cyclic amide) rings is 1. The van der Waals surface area contributed by atoms with E-state index < -0.39 is 28.7 Å². The number of carbonyl (C=O) groups excluding carboxylic acids is 4. The number of thioether (sulfide) groups is 1. The summed E-state index contributed by atoms with van der Waals surface area (Å²) in [7, 11) is 0. The van der Waals surface area contributed by atoms with Gasteiger partial charge in [-0.2, -0.15) is 0 Å². The van der Waals surface area contributed by atoms with E-state index in [-0.39, 0.29) is 18.3 Å². The number of hydrogen-bond donors (Lipinski definition) is 1. The van der Waals surface area contributed by atoms with Crippen molar-refractivity contribution in [3.63, 3.8) is 0 Å². The number of likely N-dealkylation sites (tertiary alicyclic amines) is 1. The molecule has 5 aliphatic rings. The number of rotatable bonds is 6. The van der Waals surface area contributed by atoms with Crippen molar-refractivity contribution >= 4 is 34.7 Å². The summed E-state index contributed by atoms with van der Waals surface area (Å²) in [6.07, 6.45) is 0. The van der Waals surface area contributed by atoms with Crippen molar-refractivity contribution in [2.24, 2.45) is 0 Å². The molecule has 1 fully saturated rings. The van der Waals surface area contributed by atoms with Gasteiger partial charge in [0.15, 0.2) is 16.0 Å². The summed E-state index contributed by atoms with van der Waals surface area (Å²) in [6, 6.07) is 24.8. The largest absolute Gasteiger partial charge is 0.464 e. The van der Waals surface area contributed by atoms with Crippen LogP contribution in [0, 0.1) is 0 Å². The molecule has 6 rings (SSSR count). The molecular formula is C29H28N2O5S. The van der Waals surface area contributed by atoms with Gasteiger partial charge in [0.25, 0.3) is 5.91 Å². The van der Waals surface area contributed by atoms with Gasteiger partial charge in [0.2, 0.25) is 5.91 Å². The maximum Gasteiger partial charge on any atom is 0.333 e. The van der Waals surface area contributed by atoms with Gasteiger partial charge in [0.05, 0.1) is 13.2 Å². The lowest BCUT2D eigenvalue weighted by Crippen LogP contribution is -2.73. The zero-order chi connectivity index (χ0) is 26.6. The van der Waals surface area contributed by atoms with Gasteiger partial charge in [-0.25, -0.2) is 4.79 Å². The molecule has 1 heterocycles. The third-order valence-corrected chi connectivity index (χ3v) is 7.00. The van der Waals surface area contributed by atoms with E-state index in [1.165, 1.54) is 41.0 Å². The molecule has 0 spiro atoms. The van der Waals surface area contributed by atoms with Gasteiger partial charge in [0.1, 0.15) is 0 Å². The number of nitrogens with one attached hydrogen (secondary N) is 1. The van der Waals surface area contributed by atoms with Gasteiger partial charge in [-0.05, 0) is 52.6 Å². The standard InChI is InChI=1S/C17H20N2O5S.2C6H4/c1-4-24-15(22)14(13-8-6-5-7-9-13)19-10-17(16(19)23,18-11(2)20)25-12(3)21;1-2-6-4-3-5(1)6;1-2-5-4-6(5)3-1/h5-9,14H,4,10H2,1-3H3,(H,18,20);2*1-4H. The molecule has 2 unspecified atom stereocenters. The van der Waals surface area contributed by atoms with Crippen LogP contribution in [0.25, 0.3) is 22.3 Å². The molecule has 7 nitrogen and oxygen atoms in total. The monoisotopic (exact) mass is 516 g/mol. The zero-order valence-electron chi connectivity index (χ0n) is 20.9. The van der Waals surface area contributed by atoms with Crippen LogP contribution in [0.4, 0.5) is 0 Å². The van der Waals surface area contributed by atoms with Crippen LogP contribution in [0.5, 0.6) is 0 Å². The van der Waals surface area contributed by atoms with Crippen molar-refractivity contribution in [1.82, 2.24) is 10.2 Å². The van der Waals surface area contributed by atoms with Crippen molar-refractivity contribution in [2.45, 2.75) is 31.7 Å². The molecule has 0 radical (unpaired) electrons. The third kappa shape index (κ3) is 5.91. The first kappa shape index (κ1) is 26.2. The molecule has 1 aliphatic heterocycles. The Hall–Kier alpha value is -3.91. The summed E-state index contributed by atoms with van der Waals surface area (Å²) in [5, 5.41) is 2.24. The third-order valence-electron chi connectivity index (χ3n) is 5.96. The van der Waals surface area contributed by atoms with E-state index in [9.17, 15) is 19.2 Å². The van der Waals surface area contributed by atoms with Crippen LogP contribution in [0.2, 0.25) is 0 Å². The predicted octanol–water partition coefficient (Wildman–Crippen LogP) is 4.58. The highest BCUT2D eigenvalue weighted by Gasteiger charge is 2.58. The quantitative estimate of drug-likeness (QED) is 0.202. The van der Waals surface area contributed by atoms with Crippen LogP contribution in [-0.2, 0) is 23.9 Å². The fourth-order valence-electron chi connectivity index (χ4n) is 4.09. The Morgan fingerprint density at radius 1 is 0.919 bits per heavy atom. The fourth-order valence-corrected chi connectivity index (χ4v) is 5.18. The number of amides is 2. The Morgan fingerprint density at radius 3 is 1.86 bits per heavy atom. The Morgan fingerprint density at radius 2 is 1.51 bits per heavy atom. The van der Waals surface area contributed by atoms with E-state index in [1.807, 2.05) is 0 Å². The van der Waals surface area contributed by atoms with Crippen LogP contribution < -0.4 is 5.32 Å². The van der Waals surface area contributed by atoms with Crippen molar-refractivity contribution in [3.05, 3.63) is 84.4 Å². The average Bonchev–Trinajstić information content (AvgIpc) is 3.45. The smallest absolute Gasteiger partial charge is 0.333 e. The van der Waals surface area contributed by atoms with Crippen LogP contribution in [0.1, 0.15) is 32.4 Å². The molecule has 1 aromatic rings. The summed E-state index contributed by atoms with van der Waals surface area (Å²) in [6.45, 7) is 4.50. The van der Waals surface area contributed by atoms with E-state index >= 15 is 0 Å². The number of ether oxygens (including phenoxy) is 1. The number of esters is 1. The van der Waals surface area contributed by atoms with Gasteiger partial charge < -0.3 is 15.0 Å². The molecule has 4 aliphatic carbocycles. The summed E-state index contributed by atoms with van der Waals surface area (Å²) in [4.78, 5) is 48.1. The number of carbonyl (C=O) groups is 4. The van der Waals surface area contributed by atoms with Crippen molar-refractivity contribution in [1.29, 1.82) is 0 Å². The number of nitrogens with zero attached hydrogens (tertiary/aromatic N) is 1. The Kier molecular flexibility index (Phi) is 7.78. The van der Waals surface area contributed by atoms with E-state index in [4.69, 9.17) is 4.74 Å².